The second-order valence-electron chi connectivity index (χ2n) is 7.34. The van der Waals surface area contributed by atoms with E-state index in [1.54, 1.807) is 17.7 Å². The lowest BCUT2D eigenvalue weighted by atomic mass is 10.0. The molecule has 0 saturated heterocycles. The van der Waals surface area contributed by atoms with E-state index in [0.717, 1.165) is 29.0 Å². The number of fused-ring (bicyclic) bond motifs is 2. The number of thiophene rings is 1. The third-order valence-corrected chi connectivity index (χ3v) is 6.38. The van der Waals surface area contributed by atoms with Gasteiger partial charge < -0.3 is 10.3 Å². The van der Waals surface area contributed by atoms with Gasteiger partial charge in [0.15, 0.2) is 0 Å². The molecule has 0 atom stereocenters. The average Bonchev–Trinajstić information content (AvgIpc) is 3.30. The molecule has 5 rings (SSSR count). The number of aromatic nitrogens is 3. The molecule has 0 spiro atoms. The van der Waals surface area contributed by atoms with Crippen LogP contribution >= 0.6 is 11.3 Å². The first-order valence-electron chi connectivity index (χ1n) is 9.81. The highest BCUT2D eigenvalue weighted by Gasteiger charge is 2.16. The molecule has 0 bridgehead atoms. The Kier molecular flexibility index (Phi) is 4.52. The first-order valence-corrected chi connectivity index (χ1v) is 10.6. The van der Waals surface area contributed by atoms with Crippen LogP contribution < -0.4 is 5.32 Å². The van der Waals surface area contributed by atoms with Crippen LogP contribution in [0.25, 0.3) is 32.2 Å². The third kappa shape index (κ3) is 3.28. The number of para-hydroxylation sites is 1. The van der Waals surface area contributed by atoms with E-state index in [0.29, 0.717) is 0 Å². The Morgan fingerprint density at radius 3 is 2.69 bits per heavy atom. The van der Waals surface area contributed by atoms with E-state index in [9.17, 15) is 0 Å². The van der Waals surface area contributed by atoms with Gasteiger partial charge in [-0.05, 0) is 37.5 Å². The second-order valence-corrected chi connectivity index (χ2v) is 8.54. The van der Waals surface area contributed by atoms with Crippen LogP contribution in [0.1, 0.15) is 16.0 Å². The molecule has 3 heterocycles. The van der Waals surface area contributed by atoms with Gasteiger partial charge in [0, 0.05) is 34.1 Å². The van der Waals surface area contributed by atoms with Crippen molar-refractivity contribution in [2.75, 3.05) is 11.9 Å². The normalized spacial score (nSPS) is 11.4. The Hall–Kier alpha value is -3.18. The molecule has 0 unspecified atom stereocenters. The minimum atomic E-state index is 0.816. The second kappa shape index (κ2) is 7.33. The zero-order valence-electron chi connectivity index (χ0n) is 16.5. The lowest BCUT2D eigenvalue weighted by Crippen LogP contribution is -2.06. The monoisotopic (exact) mass is 398 g/mol. The molecule has 0 aliphatic heterocycles. The predicted molar refractivity (Wildman–Crippen MR) is 123 cm³/mol. The summed E-state index contributed by atoms with van der Waals surface area (Å²) in [6.45, 7) is 5.09. The van der Waals surface area contributed by atoms with Crippen LogP contribution in [-0.4, -0.2) is 21.5 Å². The van der Waals surface area contributed by atoms with Gasteiger partial charge in [0.2, 0.25) is 0 Å². The maximum Gasteiger partial charge on any atom is 0.138 e. The molecular formula is C24H22N4S. The number of nitrogens with one attached hydrogen (secondary N) is 2. The van der Waals surface area contributed by atoms with Gasteiger partial charge in [-0.2, -0.15) is 0 Å². The Bertz CT molecular complexity index is 1300. The lowest BCUT2D eigenvalue weighted by molar-refractivity contribution is 1.01. The summed E-state index contributed by atoms with van der Waals surface area (Å²) < 4.78 is 0. The van der Waals surface area contributed by atoms with Gasteiger partial charge in [-0.1, -0.05) is 48.0 Å². The predicted octanol–water partition coefficient (Wildman–Crippen LogP) is 6.11. The number of nitrogens with zero attached hydrogens (tertiary/aromatic N) is 2. The van der Waals surface area contributed by atoms with E-state index in [1.165, 1.54) is 38.0 Å². The van der Waals surface area contributed by atoms with Crippen LogP contribution in [0.3, 0.4) is 0 Å². The SMILES string of the molecule is Cc1ccc(-c2c(C)sc3ncnc(NCCc4c[nH]c5ccccc45)c23)cc1. The number of benzene rings is 2. The van der Waals surface area contributed by atoms with Crippen molar-refractivity contribution < 1.29 is 0 Å². The minimum absolute atomic E-state index is 0.816. The molecule has 0 fully saturated rings. The maximum absolute atomic E-state index is 4.58. The molecule has 4 nitrogen and oxygen atoms in total. The molecule has 0 amide bonds. The molecule has 0 aliphatic carbocycles. The highest BCUT2D eigenvalue weighted by molar-refractivity contribution is 7.19. The summed E-state index contributed by atoms with van der Waals surface area (Å²) in [4.78, 5) is 14.8. The van der Waals surface area contributed by atoms with Crippen molar-refractivity contribution in [1.29, 1.82) is 0 Å². The van der Waals surface area contributed by atoms with Crippen molar-refractivity contribution in [1.82, 2.24) is 15.0 Å². The molecule has 0 saturated carbocycles. The summed E-state index contributed by atoms with van der Waals surface area (Å²) in [5.74, 6) is 0.912. The average molecular weight is 399 g/mol. The third-order valence-electron chi connectivity index (χ3n) is 5.37. The van der Waals surface area contributed by atoms with E-state index in [4.69, 9.17) is 0 Å². The first-order chi connectivity index (χ1) is 14.2. The molecule has 2 N–H and O–H groups in total. The van der Waals surface area contributed by atoms with Crippen LogP contribution in [-0.2, 0) is 6.42 Å². The highest BCUT2D eigenvalue weighted by atomic mass is 32.1. The van der Waals surface area contributed by atoms with Crippen molar-refractivity contribution in [2.24, 2.45) is 0 Å². The van der Waals surface area contributed by atoms with Gasteiger partial charge in [0.25, 0.3) is 0 Å². The van der Waals surface area contributed by atoms with Gasteiger partial charge in [-0.25, -0.2) is 9.97 Å². The van der Waals surface area contributed by atoms with Crippen LogP contribution in [0.4, 0.5) is 5.82 Å². The number of anilines is 1. The molecule has 29 heavy (non-hydrogen) atoms. The summed E-state index contributed by atoms with van der Waals surface area (Å²) >= 11 is 1.73. The molecule has 5 aromatic rings. The number of rotatable bonds is 5. The molecule has 5 heteroatoms. The molecule has 3 aromatic heterocycles. The van der Waals surface area contributed by atoms with Gasteiger partial charge >= 0.3 is 0 Å². The fourth-order valence-corrected chi connectivity index (χ4v) is 4.91. The van der Waals surface area contributed by atoms with Gasteiger partial charge in [-0.3, -0.25) is 0 Å². The first kappa shape index (κ1) is 17.9. The fraction of sp³-hybridized carbons (Fsp3) is 0.167. The molecule has 144 valence electrons. The zero-order valence-corrected chi connectivity index (χ0v) is 17.3. The fourth-order valence-electron chi connectivity index (χ4n) is 3.90. The standard InChI is InChI=1S/C24H22N4S/c1-15-7-9-17(10-8-15)21-16(2)29-24-22(21)23(27-14-28-24)25-12-11-18-13-26-20-6-4-3-5-19(18)20/h3-10,13-14,26H,11-12H2,1-2H3,(H,25,27,28). The van der Waals surface area contributed by atoms with Gasteiger partial charge in [0.1, 0.15) is 17.0 Å². The maximum atomic E-state index is 4.58. The molecular weight excluding hydrogens is 376 g/mol. The van der Waals surface area contributed by atoms with Gasteiger partial charge in [0.05, 0.1) is 5.39 Å². The summed E-state index contributed by atoms with van der Waals surface area (Å²) in [6, 6.07) is 17.1. The van der Waals surface area contributed by atoms with E-state index < -0.39 is 0 Å². The van der Waals surface area contributed by atoms with Crippen molar-refractivity contribution >= 4 is 38.3 Å². The smallest absolute Gasteiger partial charge is 0.138 e. The van der Waals surface area contributed by atoms with Crippen molar-refractivity contribution in [3.05, 3.63) is 77.1 Å². The van der Waals surface area contributed by atoms with Gasteiger partial charge in [-0.15, -0.1) is 11.3 Å². The van der Waals surface area contributed by atoms with E-state index >= 15 is 0 Å². The summed E-state index contributed by atoms with van der Waals surface area (Å²) in [5, 5.41) is 5.98. The summed E-state index contributed by atoms with van der Waals surface area (Å²) in [5.41, 5.74) is 6.22. The Morgan fingerprint density at radius 2 is 1.83 bits per heavy atom. The minimum Gasteiger partial charge on any atom is -0.369 e. The van der Waals surface area contributed by atoms with Crippen molar-refractivity contribution in [3.8, 4) is 11.1 Å². The van der Waals surface area contributed by atoms with E-state index in [2.05, 4.69) is 88.8 Å². The summed E-state index contributed by atoms with van der Waals surface area (Å²) in [7, 11) is 0. The van der Waals surface area contributed by atoms with Crippen LogP contribution in [0.2, 0.25) is 0 Å². The molecule has 0 aliphatic rings. The lowest BCUT2D eigenvalue weighted by Gasteiger charge is -2.09. The largest absolute Gasteiger partial charge is 0.369 e. The number of hydrogen-bond donors (Lipinski definition) is 2. The Labute approximate surface area is 173 Å². The zero-order chi connectivity index (χ0) is 19.8. The molecule has 0 radical (unpaired) electrons. The topological polar surface area (TPSA) is 53.6 Å². The van der Waals surface area contributed by atoms with Crippen molar-refractivity contribution in [2.45, 2.75) is 20.3 Å². The Balaban J connectivity index is 1.46. The van der Waals surface area contributed by atoms with E-state index in [1.807, 2.05) is 0 Å². The molecule has 2 aromatic carbocycles. The van der Waals surface area contributed by atoms with Crippen LogP contribution in [0.15, 0.2) is 61.1 Å². The van der Waals surface area contributed by atoms with Crippen LogP contribution in [0.5, 0.6) is 0 Å². The number of H-pyrrole nitrogens is 1. The van der Waals surface area contributed by atoms with E-state index in [-0.39, 0.29) is 0 Å². The number of hydrogen-bond acceptors (Lipinski definition) is 4. The summed E-state index contributed by atoms with van der Waals surface area (Å²) in [6.07, 6.45) is 4.69. The number of aromatic amines is 1. The quantitative estimate of drug-likeness (QED) is 0.375. The number of aryl methyl sites for hydroxylation is 2. The van der Waals surface area contributed by atoms with Crippen molar-refractivity contribution in [3.63, 3.8) is 0 Å². The highest BCUT2D eigenvalue weighted by Crippen LogP contribution is 2.40. The Morgan fingerprint density at radius 1 is 1.00 bits per heavy atom. The van der Waals surface area contributed by atoms with Crippen LogP contribution in [0, 0.1) is 13.8 Å².